The molecule has 0 aromatic carbocycles. The SMILES string of the molecule is C#CC(=N)C(=O)C(F)(F)F. The van der Waals surface area contributed by atoms with Gasteiger partial charge in [0.05, 0.1) is 0 Å². The van der Waals surface area contributed by atoms with Crippen molar-refractivity contribution in [2.45, 2.75) is 6.18 Å². The van der Waals surface area contributed by atoms with Gasteiger partial charge in [0.2, 0.25) is 0 Å². The molecule has 0 aromatic rings. The summed E-state index contributed by atoms with van der Waals surface area (Å²) in [6.07, 6.45) is -0.650. The van der Waals surface area contributed by atoms with Gasteiger partial charge in [-0.3, -0.25) is 10.2 Å². The van der Waals surface area contributed by atoms with E-state index in [1.54, 1.807) is 0 Å². The van der Waals surface area contributed by atoms with Gasteiger partial charge in [-0.15, -0.1) is 6.42 Å². The molecule has 0 fully saturated rings. The average molecular weight is 149 g/mol. The van der Waals surface area contributed by atoms with E-state index in [1.165, 1.54) is 5.92 Å². The van der Waals surface area contributed by atoms with Crippen molar-refractivity contribution < 1.29 is 18.0 Å². The lowest BCUT2D eigenvalue weighted by atomic mass is 10.2. The van der Waals surface area contributed by atoms with Crippen molar-refractivity contribution in [3.63, 3.8) is 0 Å². The van der Waals surface area contributed by atoms with Crippen molar-refractivity contribution in [1.82, 2.24) is 0 Å². The first kappa shape index (κ1) is 8.69. The Hall–Kier alpha value is -1.31. The highest BCUT2D eigenvalue weighted by Gasteiger charge is 2.40. The molecule has 0 bridgehead atoms. The van der Waals surface area contributed by atoms with Crippen molar-refractivity contribution in [1.29, 1.82) is 5.41 Å². The van der Waals surface area contributed by atoms with Crippen LogP contribution < -0.4 is 0 Å². The summed E-state index contributed by atoms with van der Waals surface area (Å²) < 4.78 is 33.9. The molecule has 0 rings (SSSR count). The van der Waals surface area contributed by atoms with Crippen molar-refractivity contribution in [2.75, 3.05) is 0 Å². The third-order valence-corrected chi connectivity index (χ3v) is 0.629. The fourth-order valence-electron chi connectivity index (χ4n) is 0.207. The van der Waals surface area contributed by atoms with Gasteiger partial charge in [-0.1, -0.05) is 0 Å². The Kier molecular flexibility index (Phi) is 2.19. The zero-order valence-electron chi connectivity index (χ0n) is 4.62. The van der Waals surface area contributed by atoms with Crippen molar-refractivity contribution in [2.24, 2.45) is 0 Å². The molecule has 0 saturated heterocycles. The molecule has 0 radical (unpaired) electrons. The molecule has 1 N–H and O–H groups in total. The summed E-state index contributed by atoms with van der Waals surface area (Å²) in [5.74, 6) is -0.997. The van der Waals surface area contributed by atoms with Crippen LogP contribution in [0.2, 0.25) is 0 Å². The number of carbonyl (C=O) groups is 1. The minimum Gasteiger partial charge on any atom is -0.289 e. The predicted molar refractivity (Wildman–Crippen MR) is 27.6 cm³/mol. The molecule has 54 valence electrons. The molecule has 0 aliphatic rings. The van der Waals surface area contributed by atoms with Gasteiger partial charge in [-0.2, -0.15) is 13.2 Å². The van der Waals surface area contributed by atoms with Gasteiger partial charge in [-0.25, -0.2) is 0 Å². The van der Waals surface area contributed by atoms with E-state index in [0.29, 0.717) is 0 Å². The minimum atomic E-state index is -5.02. The highest BCUT2D eigenvalue weighted by atomic mass is 19.4. The number of terminal acetylenes is 1. The number of hydrogen-bond acceptors (Lipinski definition) is 2. The lowest BCUT2D eigenvalue weighted by Gasteiger charge is -1.99. The van der Waals surface area contributed by atoms with Crippen LogP contribution in [0.3, 0.4) is 0 Å². The molecule has 0 spiro atoms. The molecule has 5 heteroatoms. The third kappa shape index (κ3) is 1.90. The first-order valence-corrected chi connectivity index (χ1v) is 2.06. The molecular weight excluding hydrogens is 147 g/mol. The van der Waals surface area contributed by atoms with Crippen LogP contribution in [0.5, 0.6) is 0 Å². The first-order chi connectivity index (χ1) is 4.39. The fourth-order valence-corrected chi connectivity index (χ4v) is 0.207. The number of alkyl halides is 3. The molecule has 2 nitrogen and oxygen atoms in total. The Bertz CT molecular complexity index is 210. The Morgan fingerprint density at radius 2 is 1.90 bits per heavy atom. The van der Waals surface area contributed by atoms with E-state index in [2.05, 4.69) is 6.42 Å². The largest absolute Gasteiger partial charge is 0.457 e. The van der Waals surface area contributed by atoms with Gasteiger partial charge in [0.15, 0.2) is 5.71 Å². The van der Waals surface area contributed by atoms with Crippen LogP contribution in [0.25, 0.3) is 0 Å². The summed E-state index contributed by atoms with van der Waals surface area (Å²) in [5, 5.41) is 6.29. The number of rotatable bonds is 1. The molecule has 0 amide bonds. The number of Topliss-reactive ketones (excluding diaryl/α,β-unsaturated/α-hetero) is 1. The highest BCUT2D eigenvalue weighted by molar-refractivity contribution is 6.46. The van der Waals surface area contributed by atoms with Gasteiger partial charge in [0, 0.05) is 0 Å². The van der Waals surface area contributed by atoms with Crippen LogP contribution in [0.15, 0.2) is 0 Å². The minimum absolute atomic E-state index is 1.29. The molecule has 0 aromatic heterocycles. The zero-order chi connectivity index (χ0) is 8.36. The van der Waals surface area contributed by atoms with Crippen LogP contribution >= 0.6 is 0 Å². The van der Waals surface area contributed by atoms with Crippen molar-refractivity contribution in [3.05, 3.63) is 0 Å². The molecule has 0 aliphatic carbocycles. The molecule has 10 heavy (non-hydrogen) atoms. The van der Waals surface area contributed by atoms with E-state index in [1.807, 2.05) is 0 Å². The normalized spacial score (nSPS) is 10.2. The van der Waals surface area contributed by atoms with E-state index in [9.17, 15) is 18.0 Å². The quantitative estimate of drug-likeness (QED) is 0.434. The summed E-state index contributed by atoms with van der Waals surface area (Å²) in [6, 6.07) is 0. The third-order valence-electron chi connectivity index (χ3n) is 0.629. The Labute approximate surface area is 54.5 Å². The molecule has 0 unspecified atom stereocenters. The van der Waals surface area contributed by atoms with Crippen LogP contribution in [0, 0.1) is 17.8 Å². The van der Waals surface area contributed by atoms with E-state index in [0.717, 1.165) is 0 Å². The van der Waals surface area contributed by atoms with Crippen LogP contribution in [0.1, 0.15) is 0 Å². The number of hydrogen-bond donors (Lipinski definition) is 1. The molecule has 0 heterocycles. The molecule has 0 aliphatic heterocycles. The lowest BCUT2D eigenvalue weighted by Crippen LogP contribution is -2.29. The molecule has 0 saturated carbocycles. The van der Waals surface area contributed by atoms with E-state index < -0.39 is 17.7 Å². The first-order valence-electron chi connectivity index (χ1n) is 2.06. The average Bonchev–Trinajstić information content (AvgIpc) is 1.83. The summed E-state index contributed by atoms with van der Waals surface area (Å²) in [4.78, 5) is 9.90. The zero-order valence-corrected chi connectivity index (χ0v) is 4.62. The second kappa shape index (κ2) is 2.52. The molecular formula is C5H2F3NO. The van der Waals surface area contributed by atoms with Crippen LogP contribution in [0.4, 0.5) is 13.2 Å². The topological polar surface area (TPSA) is 40.9 Å². The lowest BCUT2D eigenvalue weighted by molar-refractivity contribution is -0.163. The maximum atomic E-state index is 11.3. The smallest absolute Gasteiger partial charge is 0.289 e. The number of carbonyl (C=O) groups excluding carboxylic acids is 1. The predicted octanol–water partition coefficient (Wildman–Crippen LogP) is 0.771. The van der Waals surface area contributed by atoms with Crippen LogP contribution in [-0.4, -0.2) is 17.7 Å². The number of nitrogens with one attached hydrogen (secondary N) is 1. The summed E-state index contributed by atoms with van der Waals surface area (Å²) in [6.45, 7) is 0. The van der Waals surface area contributed by atoms with Gasteiger partial charge in [0.1, 0.15) is 0 Å². The highest BCUT2D eigenvalue weighted by Crippen LogP contribution is 2.15. The second-order valence-electron chi connectivity index (χ2n) is 1.35. The van der Waals surface area contributed by atoms with Crippen molar-refractivity contribution >= 4 is 11.5 Å². The monoisotopic (exact) mass is 149 g/mol. The van der Waals surface area contributed by atoms with E-state index in [-0.39, 0.29) is 0 Å². The number of halogens is 3. The standard InChI is InChI=1S/C5H2F3NO/c1-2-3(9)4(10)5(6,7)8/h1,9H. The number of ketones is 1. The maximum absolute atomic E-state index is 11.3. The Morgan fingerprint density at radius 1 is 1.50 bits per heavy atom. The molecule has 0 atom stereocenters. The van der Waals surface area contributed by atoms with Crippen molar-refractivity contribution in [3.8, 4) is 12.3 Å². The Balaban J connectivity index is 4.43. The van der Waals surface area contributed by atoms with Gasteiger partial charge >= 0.3 is 6.18 Å². The summed E-state index contributed by atoms with van der Waals surface area (Å²) >= 11 is 0. The second-order valence-corrected chi connectivity index (χ2v) is 1.35. The van der Waals surface area contributed by atoms with E-state index in [4.69, 9.17) is 5.41 Å². The van der Waals surface area contributed by atoms with Gasteiger partial charge < -0.3 is 0 Å². The summed E-state index contributed by atoms with van der Waals surface area (Å²) in [7, 11) is 0. The van der Waals surface area contributed by atoms with Gasteiger partial charge in [-0.05, 0) is 5.92 Å². The van der Waals surface area contributed by atoms with Gasteiger partial charge in [0.25, 0.3) is 5.78 Å². The van der Waals surface area contributed by atoms with Crippen LogP contribution in [-0.2, 0) is 4.79 Å². The Morgan fingerprint density at radius 3 is 2.00 bits per heavy atom. The summed E-state index contributed by atoms with van der Waals surface area (Å²) in [5.41, 5.74) is -1.37. The fraction of sp³-hybridized carbons (Fsp3) is 0.200. The maximum Gasteiger partial charge on any atom is 0.457 e. The van der Waals surface area contributed by atoms with E-state index >= 15 is 0 Å².